The Morgan fingerprint density at radius 2 is 1.60 bits per heavy atom. The van der Waals surface area contributed by atoms with Crippen LogP contribution >= 0.6 is 7.82 Å². The van der Waals surface area contributed by atoms with E-state index in [1.807, 2.05) is 0 Å². The van der Waals surface area contributed by atoms with E-state index in [-0.39, 0.29) is 5.75 Å². The summed E-state index contributed by atoms with van der Waals surface area (Å²) in [6, 6.07) is 7.62. The summed E-state index contributed by atoms with van der Waals surface area (Å²) in [6.07, 6.45) is 0. The number of phosphoric acid groups is 1. The van der Waals surface area contributed by atoms with Crippen LogP contribution < -0.4 is 14.3 Å². The molecule has 1 fully saturated rings. The number of phosphoric ester groups is 1. The molecule has 2 rings (SSSR count). The summed E-state index contributed by atoms with van der Waals surface area (Å²) in [5.41, 5.74) is 0. The fourth-order valence-electron chi connectivity index (χ4n) is 0.694. The Morgan fingerprint density at radius 3 is 1.93 bits per heavy atom. The van der Waals surface area contributed by atoms with Gasteiger partial charge in [0.2, 0.25) is 0 Å². The van der Waals surface area contributed by atoms with Crippen molar-refractivity contribution in [1.82, 2.24) is 0 Å². The van der Waals surface area contributed by atoms with Crippen molar-refractivity contribution < 1.29 is 28.7 Å². The van der Waals surface area contributed by atoms with E-state index in [1.165, 1.54) is 12.1 Å². The highest BCUT2D eigenvalue weighted by molar-refractivity contribution is 7.43. The molecular formula is C8H9O6P-2. The molecule has 84 valence electrons. The van der Waals surface area contributed by atoms with Crippen molar-refractivity contribution in [3.05, 3.63) is 30.3 Å². The van der Waals surface area contributed by atoms with Crippen LogP contribution in [0.3, 0.4) is 0 Å². The van der Waals surface area contributed by atoms with Crippen LogP contribution in [0.2, 0.25) is 0 Å². The molecule has 0 aromatic heterocycles. The molecule has 0 unspecified atom stereocenters. The highest BCUT2D eigenvalue weighted by Gasteiger charge is 1.95. The van der Waals surface area contributed by atoms with Crippen molar-refractivity contribution in [2.75, 3.05) is 13.2 Å². The summed E-state index contributed by atoms with van der Waals surface area (Å²) >= 11 is 0. The molecule has 1 heterocycles. The Morgan fingerprint density at radius 1 is 1.13 bits per heavy atom. The summed E-state index contributed by atoms with van der Waals surface area (Å²) in [4.78, 5) is 28.5. The molecule has 1 aliphatic heterocycles. The lowest BCUT2D eigenvalue weighted by atomic mass is 10.3. The van der Waals surface area contributed by atoms with Gasteiger partial charge in [-0.15, -0.1) is 0 Å². The van der Waals surface area contributed by atoms with Crippen LogP contribution in [0.5, 0.6) is 5.75 Å². The Kier molecular flexibility index (Phi) is 4.74. The van der Waals surface area contributed by atoms with E-state index < -0.39 is 7.82 Å². The van der Waals surface area contributed by atoms with Gasteiger partial charge in [-0.1, -0.05) is 18.2 Å². The second-order valence-corrected chi connectivity index (χ2v) is 3.57. The molecule has 0 atom stereocenters. The molecule has 1 aromatic rings. The van der Waals surface area contributed by atoms with Gasteiger partial charge in [-0.3, -0.25) is 0 Å². The minimum Gasteiger partial charge on any atom is -0.780 e. The monoisotopic (exact) mass is 232 g/mol. The fourth-order valence-corrected chi connectivity index (χ4v) is 1.07. The first-order chi connectivity index (χ1) is 7.08. The summed E-state index contributed by atoms with van der Waals surface area (Å²) in [6.45, 7) is 1.56. The molecule has 0 amide bonds. The summed E-state index contributed by atoms with van der Waals surface area (Å²) in [5.74, 6) is 0.0424. The maximum absolute atomic E-state index is 10.1. The number of hydrogen-bond acceptors (Lipinski definition) is 6. The minimum atomic E-state index is -4.89. The normalized spacial score (nSPS) is 14.5. The topological polar surface area (TPSA) is 90.9 Å². The molecule has 1 aliphatic rings. The van der Waals surface area contributed by atoms with Crippen LogP contribution in [0.25, 0.3) is 0 Å². The van der Waals surface area contributed by atoms with Crippen LogP contribution in [-0.2, 0) is 14.3 Å². The molecule has 0 bridgehead atoms. The molecule has 0 aliphatic carbocycles. The molecule has 1 aromatic carbocycles. The third kappa shape index (κ3) is 6.22. The number of hydrogen-bond donors (Lipinski definition) is 0. The smallest absolute Gasteiger partial charge is 0.124 e. The van der Waals surface area contributed by atoms with Crippen molar-refractivity contribution in [2.45, 2.75) is 0 Å². The van der Waals surface area contributed by atoms with E-state index in [0.29, 0.717) is 0 Å². The highest BCUT2D eigenvalue weighted by atomic mass is 31.2. The fraction of sp³-hybridized carbons (Fsp3) is 0.250. The van der Waals surface area contributed by atoms with Gasteiger partial charge in [0, 0.05) is 0 Å². The average molecular weight is 232 g/mol. The van der Waals surface area contributed by atoms with E-state index in [4.69, 9.17) is 0 Å². The molecule has 1 saturated heterocycles. The van der Waals surface area contributed by atoms with Crippen LogP contribution in [0.15, 0.2) is 30.3 Å². The van der Waals surface area contributed by atoms with Gasteiger partial charge in [0.1, 0.15) is 26.8 Å². The van der Waals surface area contributed by atoms with Crippen molar-refractivity contribution in [1.29, 1.82) is 0 Å². The van der Waals surface area contributed by atoms with Crippen LogP contribution in [-0.4, -0.2) is 13.2 Å². The Hall–Kier alpha value is -0.910. The molecule has 7 heteroatoms. The Labute approximate surface area is 86.6 Å². The minimum absolute atomic E-state index is 0.0424. The van der Waals surface area contributed by atoms with Crippen molar-refractivity contribution in [3.8, 4) is 5.75 Å². The summed E-state index contributed by atoms with van der Waals surface area (Å²) in [7, 11) is -4.89. The quantitative estimate of drug-likeness (QED) is 0.519. The number of rotatable bonds is 2. The van der Waals surface area contributed by atoms with Crippen LogP contribution in [0, 0.1) is 0 Å². The third-order valence-corrected chi connectivity index (χ3v) is 1.73. The van der Waals surface area contributed by atoms with E-state index in [9.17, 15) is 14.4 Å². The highest BCUT2D eigenvalue weighted by Crippen LogP contribution is 2.28. The van der Waals surface area contributed by atoms with Crippen molar-refractivity contribution in [3.63, 3.8) is 0 Å². The standard InChI is InChI=1S/C6H7O4P.C2H4O2/c7-11(8,9)10-6-4-2-1-3-5-6;1-2-4-3-1/h1-5H,(H2,7,8,9);1-2H2/p-2. The van der Waals surface area contributed by atoms with Gasteiger partial charge < -0.3 is 18.9 Å². The Balaban J connectivity index is 0.000000234. The van der Waals surface area contributed by atoms with Gasteiger partial charge in [-0.05, 0) is 12.1 Å². The van der Waals surface area contributed by atoms with Crippen molar-refractivity contribution >= 4 is 7.82 Å². The molecule has 0 saturated carbocycles. The first-order valence-corrected chi connectivity index (χ1v) is 5.55. The van der Waals surface area contributed by atoms with E-state index in [1.54, 1.807) is 18.2 Å². The second kappa shape index (κ2) is 5.85. The molecular weight excluding hydrogens is 223 g/mol. The maximum atomic E-state index is 10.1. The lowest BCUT2D eigenvalue weighted by molar-refractivity contribution is -0.382. The molecule has 15 heavy (non-hydrogen) atoms. The first kappa shape index (κ1) is 12.2. The zero-order chi connectivity index (χ0) is 11.1. The SMILES string of the molecule is C1COO1.O=P([O-])([O-])Oc1ccccc1. The van der Waals surface area contributed by atoms with Gasteiger partial charge in [-0.25, -0.2) is 9.78 Å². The Bertz CT molecular complexity index is 313. The second-order valence-electron chi connectivity index (χ2n) is 2.50. The average Bonchev–Trinajstić information content (AvgIpc) is 1.99. The molecule has 0 spiro atoms. The van der Waals surface area contributed by atoms with Crippen LogP contribution in [0.4, 0.5) is 0 Å². The third-order valence-electron chi connectivity index (χ3n) is 1.29. The summed E-state index contributed by atoms with van der Waals surface area (Å²) in [5, 5.41) is 0. The predicted molar refractivity (Wildman–Crippen MR) is 46.6 cm³/mol. The zero-order valence-electron chi connectivity index (χ0n) is 7.70. The van der Waals surface area contributed by atoms with E-state index in [2.05, 4.69) is 14.3 Å². The zero-order valence-corrected chi connectivity index (χ0v) is 8.59. The number of para-hydroxylation sites is 1. The lowest BCUT2D eigenvalue weighted by Crippen LogP contribution is -2.18. The van der Waals surface area contributed by atoms with E-state index >= 15 is 0 Å². The predicted octanol–water partition coefficient (Wildman–Crippen LogP) is -0.158. The summed E-state index contributed by atoms with van der Waals surface area (Å²) < 4.78 is 14.1. The first-order valence-electron chi connectivity index (χ1n) is 4.09. The lowest BCUT2D eigenvalue weighted by Gasteiger charge is -2.28. The number of benzene rings is 1. The molecule has 0 radical (unpaired) electrons. The van der Waals surface area contributed by atoms with Gasteiger partial charge in [0.25, 0.3) is 0 Å². The van der Waals surface area contributed by atoms with Crippen LogP contribution in [0.1, 0.15) is 0 Å². The van der Waals surface area contributed by atoms with E-state index in [0.717, 1.165) is 13.2 Å². The maximum Gasteiger partial charge on any atom is 0.124 e. The van der Waals surface area contributed by atoms with Gasteiger partial charge in [-0.2, -0.15) is 0 Å². The van der Waals surface area contributed by atoms with Crippen molar-refractivity contribution in [2.24, 2.45) is 0 Å². The molecule has 6 nitrogen and oxygen atoms in total. The molecule has 0 N–H and O–H groups in total. The van der Waals surface area contributed by atoms with Gasteiger partial charge >= 0.3 is 0 Å². The largest absolute Gasteiger partial charge is 0.780 e. The van der Waals surface area contributed by atoms with Gasteiger partial charge in [0.15, 0.2) is 0 Å². The van der Waals surface area contributed by atoms with Gasteiger partial charge in [0.05, 0.1) is 0 Å².